The Morgan fingerprint density at radius 3 is 2.43 bits per heavy atom. The van der Waals surface area contributed by atoms with E-state index in [1.165, 1.54) is 10.6 Å². The maximum atomic E-state index is 12.2. The second kappa shape index (κ2) is 8.45. The first-order valence-corrected chi connectivity index (χ1v) is 9.86. The highest BCUT2D eigenvalue weighted by Crippen LogP contribution is 2.27. The van der Waals surface area contributed by atoms with Crippen molar-refractivity contribution in [3.63, 3.8) is 0 Å². The molecule has 0 radical (unpaired) electrons. The second-order valence-electron chi connectivity index (χ2n) is 6.15. The van der Waals surface area contributed by atoms with Gasteiger partial charge in [0.2, 0.25) is 15.9 Å². The molecule has 1 N–H and O–H groups in total. The molecule has 1 rings (SSSR count). The first-order valence-electron chi connectivity index (χ1n) is 8.01. The Morgan fingerprint density at radius 2 is 1.91 bits per heavy atom. The van der Waals surface area contributed by atoms with E-state index in [2.05, 4.69) is 19.2 Å². The number of anilines is 1. The van der Waals surface area contributed by atoms with Crippen LogP contribution in [0.1, 0.15) is 50.7 Å². The lowest BCUT2D eigenvalue weighted by Crippen LogP contribution is -2.33. The van der Waals surface area contributed by atoms with Crippen LogP contribution in [-0.4, -0.2) is 38.0 Å². The molecule has 0 fully saturated rings. The molecule has 0 heterocycles. The Labute approximate surface area is 140 Å². The number of nitrogens with zero attached hydrogens (tertiary/aromatic N) is 1. The number of rotatable bonds is 8. The molecule has 5 nitrogen and oxygen atoms in total. The zero-order valence-electron chi connectivity index (χ0n) is 14.7. The third kappa shape index (κ3) is 5.95. The highest BCUT2D eigenvalue weighted by atomic mass is 32.2. The summed E-state index contributed by atoms with van der Waals surface area (Å²) in [6, 6.07) is 5.95. The monoisotopic (exact) mass is 340 g/mol. The third-order valence-corrected chi connectivity index (χ3v) is 5.02. The van der Waals surface area contributed by atoms with Crippen LogP contribution in [0.5, 0.6) is 0 Å². The summed E-state index contributed by atoms with van der Waals surface area (Å²) in [7, 11) is -3.27. The lowest BCUT2D eigenvalue weighted by atomic mass is 9.98. The quantitative estimate of drug-likeness (QED) is 0.790. The molecule has 0 aromatic heterocycles. The Kier molecular flexibility index (Phi) is 7.22. The van der Waals surface area contributed by atoms with Crippen molar-refractivity contribution in [1.82, 2.24) is 4.31 Å². The van der Waals surface area contributed by atoms with E-state index < -0.39 is 10.0 Å². The molecule has 0 saturated heterocycles. The lowest BCUT2D eigenvalue weighted by molar-refractivity contribution is -0.116. The van der Waals surface area contributed by atoms with Gasteiger partial charge in [-0.3, -0.25) is 4.79 Å². The zero-order chi connectivity index (χ0) is 17.6. The van der Waals surface area contributed by atoms with Crippen LogP contribution in [0.2, 0.25) is 0 Å². The molecule has 1 aromatic carbocycles. The molecule has 0 aliphatic carbocycles. The van der Waals surface area contributed by atoms with E-state index in [4.69, 9.17) is 0 Å². The van der Waals surface area contributed by atoms with Crippen molar-refractivity contribution in [3.8, 4) is 0 Å². The van der Waals surface area contributed by atoms with Gasteiger partial charge < -0.3 is 5.32 Å². The van der Waals surface area contributed by atoms with Crippen LogP contribution in [-0.2, 0) is 14.8 Å². The average molecular weight is 340 g/mol. The maximum absolute atomic E-state index is 12.2. The first kappa shape index (κ1) is 19.6. The summed E-state index contributed by atoms with van der Waals surface area (Å²) >= 11 is 0. The lowest BCUT2D eigenvalue weighted by Gasteiger charge is -2.20. The van der Waals surface area contributed by atoms with Gasteiger partial charge in [-0.25, -0.2) is 12.7 Å². The van der Waals surface area contributed by atoms with Crippen molar-refractivity contribution in [2.24, 2.45) is 0 Å². The van der Waals surface area contributed by atoms with Gasteiger partial charge in [-0.15, -0.1) is 0 Å². The molecule has 1 aromatic rings. The highest BCUT2D eigenvalue weighted by molar-refractivity contribution is 7.88. The van der Waals surface area contributed by atoms with Crippen LogP contribution >= 0.6 is 0 Å². The number of carbonyl (C=O) groups is 1. The molecule has 23 heavy (non-hydrogen) atoms. The number of sulfonamides is 1. The number of aryl methyl sites for hydroxylation is 1. The number of para-hydroxylation sites is 1. The van der Waals surface area contributed by atoms with Crippen molar-refractivity contribution < 1.29 is 13.2 Å². The molecule has 0 aliphatic heterocycles. The molecule has 0 saturated carbocycles. The predicted octanol–water partition coefficient (Wildman–Crippen LogP) is 3.12. The summed E-state index contributed by atoms with van der Waals surface area (Å²) in [6.45, 7) is 8.69. The minimum absolute atomic E-state index is 0.152. The number of hydrogen-bond donors (Lipinski definition) is 1. The van der Waals surface area contributed by atoms with Gasteiger partial charge in [0.25, 0.3) is 0 Å². The summed E-state index contributed by atoms with van der Waals surface area (Å²) in [5.74, 6) is 0.142. The first-order chi connectivity index (χ1) is 10.7. The molecule has 0 spiro atoms. The molecule has 130 valence electrons. The van der Waals surface area contributed by atoms with Gasteiger partial charge in [0.15, 0.2) is 0 Å². The highest BCUT2D eigenvalue weighted by Gasteiger charge is 2.18. The number of nitrogens with one attached hydrogen (secondary N) is 1. The van der Waals surface area contributed by atoms with Crippen molar-refractivity contribution in [2.45, 2.75) is 46.5 Å². The molecular formula is C17H28N2O3S. The maximum Gasteiger partial charge on any atom is 0.225 e. The van der Waals surface area contributed by atoms with Gasteiger partial charge in [-0.1, -0.05) is 39.0 Å². The van der Waals surface area contributed by atoms with Crippen LogP contribution in [0.15, 0.2) is 18.2 Å². The van der Waals surface area contributed by atoms with E-state index in [1.807, 2.05) is 32.0 Å². The van der Waals surface area contributed by atoms with E-state index in [0.29, 0.717) is 12.5 Å². The van der Waals surface area contributed by atoms with E-state index in [0.717, 1.165) is 23.2 Å². The number of benzene rings is 1. The fraction of sp³-hybridized carbons (Fsp3) is 0.588. The Morgan fingerprint density at radius 1 is 1.26 bits per heavy atom. The van der Waals surface area contributed by atoms with E-state index >= 15 is 0 Å². The Bertz CT molecular complexity index is 639. The van der Waals surface area contributed by atoms with Crippen molar-refractivity contribution in [1.29, 1.82) is 0 Å². The Balaban J connectivity index is 2.78. The predicted molar refractivity (Wildman–Crippen MR) is 95.2 cm³/mol. The van der Waals surface area contributed by atoms with Gasteiger partial charge in [-0.2, -0.15) is 0 Å². The summed E-state index contributed by atoms with van der Waals surface area (Å²) in [5.41, 5.74) is 2.94. The molecule has 1 amide bonds. The third-order valence-electron chi connectivity index (χ3n) is 3.72. The molecule has 0 atom stereocenters. The number of hydrogen-bond acceptors (Lipinski definition) is 3. The van der Waals surface area contributed by atoms with Crippen molar-refractivity contribution in [2.75, 3.05) is 24.7 Å². The van der Waals surface area contributed by atoms with E-state index in [-0.39, 0.29) is 18.9 Å². The normalized spacial score (nSPS) is 12.0. The van der Waals surface area contributed by atoms with Gasteiger partial charge in [0.1, 0.15) is 0 Å². The minimum atomic E-state index is -3.27. The zero-order valence-corrected chi connectivity index (χ0v) is 15.5. The van der Waals surface area contributed by atoms with Crippen LogP contribution in [0.4, 0.5) is 5.69 Å². The smallest absolute Gasteiger partial charge is 0.225 e. The summed E-state index contributed by atoms with van der Waals surface area (Å²) < 4.78 is 24.7. The second-order valence-corrected chi connectivity index (χ2v) is 8.14. The van der Waals surface area contributed by atoms with Gasteiger partial charge >= 0.3 is 0 Å². The van der Waals surface area contributed by atoms with Crippen LogP contribution in [0.3, 0.4) is 0 Å². The van der Waals surface area contributed by atoms with Gasteiger partial charge in [-0.05, 0) is 30.4 Å². The van der Waals surface area contributed by atoms with E-state index in [1.54, 1.807) is 0 Å². The van der Waals surface area contributed by atoms with Crippen molar-refractivity contribution in [3.05, 3.63) is 29.3 Å². The topological polar surface area (TPSA) is 66.5 Å². The van der Waals surface area contributed by atoms with Crippen LogP contribution < -0.4 is 5.32 Å². The standard InChI is InChI=1S/C17H28N2O3S/c1-6-11-19(23(5,21)22)12-10-16(20)18-17-14(4)8-7-9-15(17)13(2)3/h7-9,13H,6,10-12H2,1-5H3,(H,18,20). The summed E-state index contributed by atoms with van der Waals surface area (Å²) in [4.78, 5) is 12.2. The van der Waals surface area contributed by atoms with Crippen LogP contribution in [0, 0.1) is 6.92 Å². The minimum Gasteiger partial charge on any atom is -0.326 e. The van der Waals surface area contributed by atoms with Gasteiger partial charge in [0.05, 0.1) is 6.26 Å². The molecular weight excluding hydrogens is 312 g/mol. The molecule has 6 heteroatoms. The number of carbonyl (C=O) groups excluding carboxylic acids is 1. The fourth-order valence-corrected chi connectivity index (χ4v) is 3.40. The Hall–Kier alpha value is -1.40. The van der Waals surface area contributed by atoms with E-state index in [9.17, 15) is 13.2 Å². The fourth-order valence-electron chi connectivity index (χ4n) is 2.46. The SMILES string of the molecule is CCCN(CCC(=O)Nc1c(C)cccc1C(C)C)S(C)(=O)=O. The molecule has 0 bridgehead atoms. The number of amides is 1. The van der Waals surface area contributed by atoms with Crippen LogP contribution in [0.25, 0.3) is 0 Å². The average Bonchev–Trinajstić information content (AvgIpc) is 2.44. The summed E-state index contributed by atoms with van der Waals surface area (Å²) in [5, 5.41) is 2.95. The molecule has 0 aliphatic rings. The van der Waals surface area contributed by atoms with Gasteiger partial charge in [0, 0.05) is 25.2 Å². The molecule has 0 unspecified atom stereocenters. The summed E-state index contributed by atoms with van der Waals surface area (Å²) in [6.07, 6.45) is 2.06. The largest absolute Gasteiger partial charge is 0.326 e. The van der Waals surface area contributed by atoms with Crippen molar-refractivity contribution >= 4 is 21.6 Å².